The minimum atomic E-state index is -0.799. The van der Waals surface area contributed by atoms with Gasteiger partial charge in [-0.15, -0.1) is 0 Å². The van der Waals surface area contributed by atoms with Crippen LogP contribution in [0.1, 0.15) is 43.4 Å². The van der Waals surface area contributed by atoms with Gasteiger partial charge in [0, 0.05) is 17.5 Å². The van der Waals surface area contributed by atoms with Gasteiger partial charge in [-0.05, 0) is 31.7 Å². The van der Waals surface area contributed by atoms with Gasteiger partial charge in [0.2, 0.25) is 0 Å². The van der Waals surface area contributed by atoms with Crippen molar-refractivity contribution in [2.45, 2.75) is 39.2 Å². The first kappa shape index (κ1) is 13.5. The summed E-state index contributed by atoms with van der Waals surface area (Å²) in [6.45, 7) is 4.48. The number of halogens is 1. The summed E-state index contributed by atoms with van der Waals surface area (Å²) in [4.78, 5) is 0. The zero-order valence-electron chi connectivity index (χ0n) is 11.1. The monoisotopic (exact) mass is 251 g/mol. The minimum Gasteiger partial charge on any atom is -0.388 e. The van der Waals surface area contributed by atoms with Crippen molar-refractivity contribution in [2.24, 2.45) is 17.1 Å². The minimum absolute atomic E-state index is 0.333. The Morgan fingerprint density at radius 1 is 1.56 bits per heavy atom. The van der Waals surface area contributed by atoms with Crippen molar-refractivity contribution < 1.29 is 9.50 Å². The van der Waals surface area contributed by atoms with Crippen molar-refractivity contribution >= 4 is 0 Å². The molecule has 0 bridgehead atoms. The van der Waals surface area contributed by atoms with Crippen LogP contribution in [0.2, 0.25) is 0 Å². The third-order valence-electron chi connectivity index (χ3n) is 4.32. The third kappa shape index (κ3) is 2.29. The SMILES string of the molecule is Cc1ccc(F)c(C(O)C2(CN)CCC(C)C2)c1. The van der Waals surface area contributed by atoms with Crippen LogP contribution in [0.15, 0.2) is 18.2 Å². The van der Waals surface area contributed by atoms with E-state index < -0.39 is 6.10 Å². The van der Waals surface area contributed by atoms with E-state index >= 15 is 0 Å². The molecule has 0 amide bonds. The highest BCUT2D eigenvalue weighted by Gasteiger charge is 2.43. The summed E-state index contributed by atoms with van der Waals surface area (Å²) < 4.78 is 13.9. The molecule has 2 nitrogen and oxygen atoms in total. The second-order valence-electron chi connectivity index (χ2n) is 5.84. The lowest BCUT2D eigenvalue weighted by Gasteiger charge is -2.34. The van der Waals surface area contributed by atoms with Gasteiger partial charge in [-0.2, -0.15) is 0 Å². The highest BCUT2D eigenvalue weighted by Crippen LogP contribution is 2.49. The molecule has 0 radical (unpaired) electrons. The molecule has 100 valence electrons. The zero-order chi connectivity index (χ0) is 13.3. The van der Waals surface area contributed by atoms with E-state index in [1.807, 2.05) is 6.92 Å². The van der Waals surface area contributed by atoms with Crippen LogP contribution in [0.5, 0.6) is 0 Å². The Kier molecular flexibility index (Phi) is 3.74. The van der Waals surface area contributed by atoms with Crippen molar-refractivity contribution in [1.82, 2.24) is 0 Å². The maximum absolute atomic E-state index is 13.9. The highest BCUT2D eigenvalue weighted by molar-refractivity contribution is 5.27. The van der Waals surface area contributed by atoms with E-state index in [9.17, 15) is 9.50 Å². The Balaban J connectivity index is 2.34. The van der Waals surface area contributed by atoms with Crippen molar-refractivity contribution in [3.63, 3.8) is 0 Å². The first-order valence-electron chi connectivity index (χ1n) is 6.63. The van der Waals surface area contributed by atoms with Gasteiger partial charge in [0.15, 0.2) is 0 Å². The number of rotatable bonds is 3. The van der Waals surface area contributed by atoms with E-state index in [1.54, 1.807) is 12.1 Å². The van der Waals surface area contributed by atoms with Crippen LogP contribution < -0.4 is 5.73 Å². The van der Waals surface area contributed by atoms with Crippen LogP contribution >= 0.6 is 0 Å². The number of hydrogen-bond acceptors (Lipinski definition) is 2. The summed E-state index contributed by atoms with van der Waals surface area (Å²) in [5, 5.41) is 10.6. The van der Waals surface area contributed by atoms with Gasteiger partial charge in [-0.1, -0.05) is 31.0 Å². The number of nitrogens with two attached hydrogens (primary N) is 1. The molecule has 0 aromatic heterocycles. The number of aryl methyl sites for hydroxylation is 1. The van der Waals surface area contributed by atoms with Crippen LogP contribution in [0, 0.1) is 24.1 Å². The average Bonchev–Trinajstić information content (AvgIpc) is 2.74. The van der Waals surface area contributed by atoms with Gasteiger partial charge in [-0.3, -0.25) is 0 Å². The predicted octanol–water partition coefficient (Wildman–Crippen LogP) is 2.93. The standard InChI is InChI=1S/C15H22FNO/c1-10-3-4-13(16)12(7-10)14(18)15(9-17)6-5-11(2)8-15/h3-4,7,11,14,18H,5-6,8-9,17H2,1-2H3. The molecular formula is C15H22FNO. The Hall–Kier alpha value is -0.930. The van der Waals surface area contributed by atoms with Gasteiger partial charge in [-0.25, -0.2) is 4.39 Å². The Bertz CT molecular complexity index is 435. The molecule has 1 aromatic carbocycles. The zero-order valence-corrected chi connectivity index (χ0v) is 11.1. The quantitative estimate of drug-likeness (QED) is 0.867. The van der Waals surface area contributed by atoms with E-state index in [0.717, 1.165) is 24.8 Å². The lowest BCUT2D eigenvalue weighted by Crippen LogP contribution is -2.35. The predicted molar refractivity (Wildman–Crippen MR) is 70.6 cm³/mol. The van der Waals surface area contributed by atoms with Crippen molar-refractivity contribution in [2.75, 3.05) is 6.54 Å². The van der Waals surface area contributed by atoms with Crippen LogP contribution in [0.4, 0.5) is 4.39 Å². The maximum Gasteiger partial charge on any atom is 0.129 e. The second-order valence-corrected chi connectivity index (χ2v) is 5.84. The van der Waals surface area contributed by atoms with Gasteiger partial charge >= 0.3 is 0 Å². The molecule has 1 fully saturated rings. The molecule has 0 spiro atoms. The molecule has 3 unspecified atom stereocenters. The third-order valence-corrected chi connectivity index (χ3v) is 4.32. The summed E-state index contributed by atoms with van der Waals surface area (Å²) in [6.07, 6.45) is 2.01. The molecule has 0 saturated heterocycles. The van der Waals surface area contributed by atoms with E-state index in [1.165, 1.54) is 6.07 Å². The highest BCUT2D eigenvalue weighted by atomic mass is 19.1. The van der Waals surface area contributed by atoms with Gasteiger partial charge in [0.05, 0.1) is 6.10 Å². The van der Waals surface area contributed by atoms with Gasteiger partial charge in [0.25, 0.3) is 0 Å². The summed E-state index contributed by atoms with van der Waals surface area (Å²) in [7, 11) is 0. The van der Waals surface area contributed by atoms with Crippen LogP contribution in [0.3, 0.4) is 0 Å². The van der Waals surface area contributed by atoms with Gasteiger partial charge < -0.3 is 10.8 Å². The summed E-state index contributed by atoms with van der Waals surface area (Å²) >= 11 is 0. The van der Waals surface area contributed by atoms with Crippen molar-refractivity contribution in [1.29, 1.82) is 0 Å². The molecule has 1 aliphatic rings. The summed E-state index contributed by atoms with van der Waals surface area (Å²) in [6, 6.07) is 4.88. The van der Waals surface area contributed by atoms with E-state index in [0.29, 0.717) is 18.0 Å². The molecule has 1 aliphatic carbocycles. The fourth-order valence-electron chi connectivity index (χ4n) is 3.18. The first-order valence-corrected chi connectivity index (χ1v) is 6.63. The maximum atomic E-state index is 13.9. The Labute approximate surface area is 108 Å². The molecule has 18 heavy (non-hydrogen) atoms. The number of hydrogen-bond donors (Lipinski definition) is 2. The summed E-state index contributed by atoms with van der Waals surface area (Å²) in [5.74, 6) is 0.219. The van der Waals surface area contributed by atoms with E-state index in [-0.39, 0.29) is 11.2 Å². The van der Waals surface area contributed by atoms with Crippen LogP contribution in [0.25, 0.3) is 0 Å². The largest absolute Gasteiger partial charge is 0.388 e. The first-order chi connectivity index (χ1) is 8.48. The molecule has 3 heteroatoms. The van der Waals surface area contributed by atoms with Crippen molar-refractivity contribution in [3.8, 4) is 0 Å². The second kappa shape index (κ2) is 4.98. The molecule has 3 N–H and O–H groups in total. The number of benzene rings is 1. The number of aliphatic hydroxyl groups excluding tert-OH is 1. The molecule has 3 atom stereocenters. The molecule has 2 rings (SSSR count). The molecule has 0 heterocycles. The van der Waals surface area contributed by atoms with Crippen LogP contribution in [-0.4, -0.2) is 11.7 Å². The molecular weight excluding hydrogens is 229 g/mol. The van der Waals surface area contributed by atoms with E-state index in [2.05, 4.69) is 6.92 Å². The van der Waals surface area contributed by atoms with Crippen molar-refractivity contribution in [3.05, 3.63) is 35.1 Å². The Morgan fingerprint density at radius 3 is 2.83 bits per heavy atom. The van der Waals surface area contributed by atoms with E-state index in [4.69, 9.17) is 5.73 Å². The van der Waals surface area contributed by atoms with Gasteiger partial charge in [0.1, 0.15) is 5.82 Å². The molecule has 1 aromatic rings. The lowest BCUT2D eigenvalue weighted by molar-refractivity contribution is 0.0280. The molecule has 0 aliphatic heterocycles. The molecule has 1 saturated carbocycles. The number of aliphatic hydroxyl groups is 1. The smallest absolute Gasteiger partial charge is 0.129 e. The normalized spacial score (nSPS) is 29.5. The fourth-order valence-corrected chi connectivity index (χ4v) is 3.18. The summed E-state index contributed by atoms with van der Waals surface area (Å²) in [5.41, 5.74) is 6.88. The average molecular weight is 251 g/mol. The fraction of sp³-hybridized carbons (Fsp3) is 0.600. The van der Waals surface area contributed by atoms with Crippen LogP contribution in [-0.2, 0) is 0 Å². The Morgan fingerprint density at radius 2 is 2.28 bits per heavy atom. The lowest BCUT2D eigenvalue weighted by atomic mass is 9.76. The topological polar surface area (TPSA) is 46.2 Å².